The molecule has 0 bridgehead atoms. The first kappa shape index (κ1) is 13.1. The van der Waals surface area contributed by atoms with Crippen molar-refractivity contribution in [2.24, 2.45) is 0 Å². The van der Waals surface area contributed by atoms with Gasteiger partial charge in [-0.15, -0.1) is 0 Å². The summed E-state index contributed by atoms with van der Waals surface area (Å²) in [6.07, 6.45) is 1.82. The van der Waals surface area contributed by atoms with Gasteiger partial charge in [0.15, 0.2) is 0 Å². The van der Waals surface area contributed by atoms with E-state index in [2.05, 4.69) is 21.2 Å². The average Bonchev–Trinajstić information content (AvgIpc) is 2.21. The molecule has 0 aliphatic rings. The molecule has 6 heteroatoms. The molecule has 0 unspecified atom stereocenters. The van der Waals surface area contributed by atoms with Gasteiger partial charge < -0.3 is 10.4 Å². The highest BCUT2D eigenvalue weighted by atomic mass is 79.9. The van der Waals surface area contributed by atoms with Crippen molar-refractivity contribution in [1.29, 1.82) is 0 Å². The van der Waals surface area contributed by atoms with Crippen LogP contribution in [0.15, 0.2) is 22.7 Å². The minimum Gasteiger partial charge on any atom is -0.478 e. The monoisotopic (exact) mass is 303 g/mol. The van der Waals surface area contributed by atoms with Crippen LogP contribution in [0.5, 0.6) is 0 Å². The topological polar surface area (TPSA) is 66.4 Å². The molecule has 4 nitrogen and oxygen atoms in total. The first-order chi connectivity index (χ1) is 7.54. The molecule has 0 saturated carbocycles. The highest BCUT2D eigenvalue weighted by Crippen LogP contribution is 2.21. The van der Waals surface area contributed by atoms with Crippen molar-refractivity contribution in [3.63, 3.8) is 0 Å². The Balaban J connectivity index is 2.87. The molecule has 0 saturated heterocycles. The Bertz CT molecular complexity index is 423. The lowest BCUT2D eigenvalue weighted by Gasteiger charge is -2.06. The predicted molar refractivity (Wildman–Crippen MR) is 68.1 cm³/mol. The van der Waals surface area contributed by atoms with Crippen LogP contribution in [0, 0.1) is 0 Å². The van der Waals surface area contributed by atoms with Gasteiger partial charge in [-0.3, -0.25) is 4.79 Å². The largest absolute Gasteiger partial charge is 0.478 e. The van der Waals surface area contributed by atoms with Crippen molar-refractivity contribution in [2.45, 2.75) is 0 Å². The Labute approximate surface area is 106 Å². The summed E-state index contributed by atoms with van der Waals surface area (Å²) in [6.45, 7) is 0. The van der Waals surface area contributed by atoms with Gasteiger partial charge in [0.25, 0.3) is 0 Å². The van der Waals surface area contributed by atoms with Gasteiger partial charge in [0, 0.05) is 10.2 Å². The van der Waals surface area contributed by atoms with Crippen molar-refractivity contribution in [1.82, 2.24) is 0 Å². The van der Waals surface area contributed by atoms with Gasteiger partial charge in [-0.25, -0.2) is 4.79 Å². The van der Waals surface area contributed by atoms with Crippen LogP contribution in [0.25, 0.3) is 0 Å². The zero-order valence-electron chi connectivity index (χ0n) is 8.49. The number of carbonyl (C=O) groups is 2. The van der Waals surface area contributed by atoms with E-state index in [1.165, 1.54) is 17.8 Å². The van der Waals surface area contributed by atoms with Gasteiger partial charge in [-0.1, -0.05) is 0 Å². The molecule has 1 aromatic carbocycles. The molecule has 0 aliphatic heterocycles. The molecule has 0 aromatic heterocycles. The van der Waals surface area contributed by atoms with Crippen LogP contribution in [0.2, 0.25) is 0 Å². The van der Waals surface area contributed by atoms with E-state index in [-0.39, 0.29) is 11.5 Å². The maximum Gasteiger partial charge on any atom is 0.336 e. The Hall–Kier alpha value is -1.01. The zero-order valence-corrected chi connectivity index (χ0v) is 10.9. The summed E-state index contributed by atoms with van der Waals surface area (Å²) in [4.78, 5) is 22.1. The lowest BCUT2D eigenvalue weighted by Crippen LogP contribution is -2.14. The molecule has 1 aromatic rings. The van der Waals surface area contributed by atoms with E-state index < -0.39 is 5.97 Å². The van der Waals surface area contributed by atoms with Crippen molar-refractivity contribution in [2.75, 3.05) is 17.3 Å². The number of aromatic carboxylic acids is 1. The summed E-state index contributed by atoms with van der Waals surface area (Å²) < 4.78 is 0.489. The SMILES string of the molecule is CSCC(=O)Nc1ccc(Br)c(C(=O)O)c1. The smallest absolute Gasteiger partial charge is 0.336 e. The summed E-state index contributed by atoms with van der Waals surface area (Å²) in [5.74, 6) is -0.836. The van der Waals surface area contributed by atoms with E-state index in [0.717, 1.165) is 0 Å². The van der Waals surface area contributed by atoms with E-state index >= 15 is 0 Å². The van der Waals surface area contributed by atoms with Crippen LogP contribution >= 0.6 is 27.7 Å². The summed E-state index contributed by atoms with van der Waals surface area (Å²) in [6, 6.07) is 4.66. The van der Waals surface area contributed by atoms with Gasteiger partial charge in [-0.05, 0) is 40.4 Å². The molecule has 86 valence electrons. The van der Waals surface area contributed by atoms with Crippen molar-refractivity contribution < 1.29 is 14.7 Å². The maximum atomic E-state index is 11.3. The quantitative estimate of drug-likeness (QED) is 0.896. The van der Waals surface area contributed by atoms with Gasteiger partial charge >= 0.3 is 5.97 Å². The number of carboxylic acids is 1. The third kappa shape index (κ3) is 3.53. The third-order valence-electron chi connectivity index (χ3n) is 1.76. The van der Waals surface area contributed by atoms with Gasteiger partial charge in [0.05, 0.1) is 11.3 Å². The van der Waals surface area contributed by atoms with Crippen LogP contribution < -0.4 is 5.32 Å². The van der Waals surface area contributed by atoms with Crippen molar-refractivity contribution in [3.05, 3.63) is 28.2 Å². The number of carboxylic acid groups (broad SMARTS) is 1. The molecule has 0 spiro atoms. The summed E-state index contributed by atoms with van der Waals surface area (Å²) >= 11 is 4.54. The fourth-order valence-corrected chi connectivity index (χ4v) is 1.85. The molecule has 0 heterocycles. The van der Waals surface area contributed by atoms with Gasteiger partial charge in [0.2, 0.25) is 5.91 Å². The number of nitrogens with one attached hydrogen (secondary N) is 1. The summed E-state index contributed by atoms with van der Waals surface area (Å²) in [5.41, 5.74) is 0.613. The number of carbonyl (C=O) groups excluding carboxylic acids is 1. The fourth-order valence-electron chi connectivity index (χ4n) is 1.10. The van der Waals surface area contributed by atoms with Crippen LogP contribution in [0.3, 0.4) is 0 Å². The first-order valence-corrected chi connectivity index (χ1v) is 6.55. The molecule has 0 aliphatic carbocycles. The number of hydrogen-bond acceptors (Lipinski definition) is 3. The van der Waals surface area contributed by atoms with Crippen LogP contribution in [0.1, 0.15) is 10.4 Å². The standard InChI is InChI=1S/C10H10BrNO3S/c1-16-5-9(13)12-6-2-3-8(11)7(4-6)10(14)15/h2-4H,5H2,1H3,(H,12,13)(H,14,15). The van der Waals surface area contributed by atoms with Crippen LogP contribution in [0.4, 0.5) is 5.69 Å². The second kappa shape index (κ2) is 5.91. The second-order valence-corrected chi connectivity index (χ2v) is 4.70. The molecular formula is C10H10BrNO3S. The number of hydrogen-bond donors (Lipinski definition) is 2. The fraction of sp³-hybridized carbons (Fsp3) is 0.200. The summed E-state index contributed by atoms with van der Waals surface area (Å²) in [5, 5.41) is 11.5. The number of thioether (sulfide) groups is 1. The Morgan fingerprint density at radius 2 is 2.19 bits per heavy atom. The number of anilines is 1. The van der Waals surface area contributed by atoms with E-state index in [4.69, 9.17) is 5.11 Å². The van der Waals surface area contributed by atoms with Crippen molar-refractivity contribution >= 4 is 45.3 Å². The normalized spacial score (nSPS) is 9.88. The first-order valence-electron chi connectivity index (χ1n) is 4.36. The summed E-state index contributed by atoms with van der Waals surface area (Å²) in [7, 11) is 0. The van der Waals surface area contributed by atoms with Crippen LogP contribution in [-0.2, 0) is 4.79 Å². The number of amides is 1. The molecule has 16 heavy (non-hydrogen) atoms. The predicted octanol–water partition coefficient (Wildman–Crippen LogP) is 2.45. The highest BCUT2D eigenvalue weighted by molar-refractivity contribution is 9.10. The Kier molecular flexibility index (Phi) is 4.82. The van der Waals surface area contributed by atoms with E-state index in [1.54, 1.807) is 12.1 Å². The number of benzene rings is 1. The second-order valence-electron chi connectivity index (χ2n) is 2.98. The minimum atomic E-state index is -1.03. The van der Waals surface area contributed by atoms with Crippen LogP contribution in [-0.4, -0.2) is 29.0 Å². The van der Waals surface area contributed by atoms with E-state index in [1.807, 2.05) is 6.26 Å². The molecule has 1 amide bonds. The Morgan fingerprint density at radius 3 is 2.75 bits per heavy atom. The van der Waals surface area contributed by atoms with Gasteiger partial charge in [0.1, 0.15) is 0 Å². The number of halogens is 1. The third-order valence-corrected chi connectivity index (χ3v) is 3.00. The van der Waals surface area contributed by atoms with E-state index in [9.17, 15) is 9.59 Å². The molecular weight excluding hydrogens is 294 g/mol. The number of rotatable bonds is 4. The molecule has 0 atom stereocenters. The molecule has 2 N–H and O–H groups in total. The van der Waals surface area contributed by atoms with E-state index in [0.29, 0.717) is 15.9 Å². The highest BCUT2D eigenvalue weighted by Gasteiger charge is 2.10. The molecule has 1 rings (SSSR count). The maximum absolute atomic E-state index is 11.3. The molecule has 0 fully saturated rings. The lowest BCUT2D eigenvalue weighted by molar-refractivity contribution is -0.113. The Morgan fingerprint density at radius 1 is 1.50 bits per heavy atom. The average molecular weight is 304 g/mol. The van der Waals surface area contributed by atoms with Crippen molar-refractivity contribution in [3.8, 4) is 0 Å². The molecule has 0 radical (unpaired) electrons. The van der Waals surface area contributed by atoms with Gasteiger partial charge in [-0.2, -0.15) is 11.8 Å². The lowest BCUT2D eigenvalue weighted by atomic mass is 10.2. The minimum absolute atomic E-state index is 0.127. The zero-order chi connectivity index (χ0) is 12.1.